The van der Waals surface area contributed by atoms with Crippen LogP contribution in [-0.4, -0.2) is 18.5 Å². The summed E-state index contributed by atoms with van der Waals surface area (Å²) >= 11 is 1.48. The second-order valence-corrected chi connectivity index (χ2v) is 6.25. The van der Waals surface area contributed by atoms with Crippen LogP contribution in [0.5, 0.6) is 0 Å². The van der Waals surface area contributed by atoms with Crippen LogP contribution < -0.4 is 21.7 Å². The maximum absolute atomic E-state index is 12.4. The smallest absolute Gasteiger partial charge is 0.312 e. The molecule has 6 nitrogen and oxygen atoms in total. The Morgan fingerprint density at radius 3 is 2.67 bits per heavy atom. The van der Waals surface area contributed by atoms with Crippen molar-refractivity contribution in [3.8, 4) is 0 Å². The van der Waals surface area contributed by atoms with Crippen molar-refractivity contribution in [1.82, 2.24) is 10.6 Å². The number of urea groups is 1. The third-order valence-corrected chi connectivity index (χ3v) is 4.44. The molecule has 1 aromatic heterocycles. The first-order valence-corrected chi connectivity index (χ1v) is 8.66. The minimum Gasteiger partial charge on any atom is -0.352 e. The lowest BCUT2D eigenvalue weighted by molar-refractivity contribution is -0.116. The number of nitrogens with two attached hydrogens (primary N) is 1. The summed E-state index contributed by atoms with van der Waals surface area (Å²) in [6, 6.07) is 10.3. The molecule has 2 rings (SSSR count). The number of primary amides is 1. The van der Waals surface area contributed by atoms with E-state index in [9.17, 15) is 9.59 Å². The number of amides is 3. The number of rotatable bonds is 8. The van der Waals surface area contributed by atoms with Gasteiger partial charge in [-0.3, -0.25) is 4.79 Å². The van der Waals surface area contributed by atoms with Gasteiger partial charge in [0.05, 0.1) is 12.5 Å². The van der Waals surface area contributed by atoms with Crippen molar-refractivity contribution in [3.63, 3.8) is 0 Å². The minimum absolute atomic E-state index is 0.124. The molecule has 1 unspecified atom stereocenters. The SMILES string of the molecule is CCNCc1ccccc1NC(=O)CC(NC(N)=O)c1cccs1. The molecule has 0 spiro atoms. The fraction of sp³-hybridized carbons (Fsp3) is 0.294. The molecule has 5 N–H and O–H groups in total. The summed E-state index contributed by atoms with van der Waals surface area (Å²) in [6.07, 6.45) is 0.124. The van der Waals surface area contributed by atoms with E-state index < -0.39 is 12.1 Å². The van der Waals surface area contributed by atoms with E-state index in [1.165, 1.54) is 11.3 Å². The van der Waals surface area contributed by atoms with Crippen molar-refractivity contribution < 1.29 is 9.59 Å². The predicted octanol–water partition coefficient (Wildman–Crippen LogP) is 2.60. The summed E-state index contributed by atoms with van der Waals surface area (Å²) in [5.74, 6) is -0.175. The van der Waals surface area contributed by atoms with Crippen molar-refractivity contribution in [3.05, 3.63) is 52.2 Å². The van der Waals surface area contributed by atoms with E-state index in [4.69, 9.17) is 5.73 Å². The Morgan fingerprint density at radius 1 is 1.21 bits per heavy atom. The Morgan fingerprint density at radius 2 is 2.00 bits per heavy atom. The van der Waals surface area contributed by atoms with Gasteiger partial charge in [-0.25, -0.2) is 4.79 Å². The van der Waals surface area contributed by atoms with Gasteiger partial charge in [0.25, 0.3) is 0 Å². The first-order chi connectivity index (χ1) is 11.6. The Hall–Kier alpha value is -2.38. The third-order valence-electron chi connectivity index (χ3n) is 3.45. The Labute approximate surface area is 145 Å². The van der Waals surface area contributed by atoms with E-state index in [1.54, 1.807) is 0 Å². The summed E-state index contributed by atoms with van der Waals surface area (Å²) in [5, 5.41) is 10.7. The molecule has 0 aliphatic carbocycles. The molecule has 1 atom stereocenters. The molecule has 3 amide bonds. The normalized spacial score (nSPS) is 11.7. The number of benzene rings is 1. The lowest BCUT2D eigenvalue weighted by Crippen LogP contribution is -2.35. The van der Waals surface area contributed by atoms with Gasteiger partial charge in [-0.05, 0) is 29.6 Å². The van der Waals surface area contributed by atoms with Gasteiger partial charge in [0.1, 0.15) is 0 Å². The summed E-state index contributed by atoms with van der Waals surface area (Å²) in [4.78, 5) is 24.5. The molecule has 7 heteroatoms. The average Bonchev–Trinajstić information content (AvgIpc) is 3.07. The number of carbonyl (C=O) groups excluding carboxylic acids is 2. The van der Waals surface area contributed by atoms with Crippen LogP contribution in [0.3, 0.4) is 0 Å². The first-order valence-electron chi connectivity index (χ1n) is 7.78. The van der Waals surface area contributed by atoms with Crippen molar-refractivity contribution >= 4 is 29.0 Å². The second-order valence-electron chi connectivity index (χ2n) is 5.27. The van der Waals surface area contributed by atoms with E-state index in [2.05, 4.69) is 16.0 Å². The number of hydrogen-bond donors (Lipinski definition) is 4. The average molecular weight is 346 g/mol. The summed E-state index contributed by atoms with van der Waals surface area (Å²) in [6.45, 7) is 3.56. The molecule has 0 aliphatic heterocycles. The quantitative estimate of drug-likeness (QED) is 0.591. The van der Waals surface area contributed by atoms with Crippen LogP contribution in [0.25, 0.3) is 0 Å². The molecule has 1 heterocycles. The molecule has 128 valence electrons. The number of thiophene rings is 1. The number of carbonyl (C=O) groups is 2. The van der Waals surface area contributed by atoms with E-state index in [0.29, 0.717) is 6.54 Å². The fourth-order valence-electron chi connectivity index (χ4n) is 2.33. The zero-order valence-corrected chi connectivity index (χ0v) is 14.4. The molecule has 0 saturated carbocycles. The van der Waals surface area contributed by atoms with Gasteiger partial charge in [0.2, 0.25) is 5.91 Å². The molecule has 1 aromatic carbocycles. The molecule has 0 aliphatic rings. The molecular weight excluding hydrogens is 324 g/mol. The molecule has 0 bridgehead atoms. The van der Waals surface area contributed by atoms with Crippen molar-refractivity contribution in [2.75, 3.05) is 11.9 Å². The summed E-state index contributed by atoms with van der Waals surface area (Å²) in [7, 11) is 0. The van der Waals surface area contributed by atoms with Gasteiger partial charge in [0, 0.05) is 17.1 Å². The zero-order valence-electron chi connectivity index (χ0n) is 13.5. The third kappa shape index (κ3) is 5.36. The Bertz CT molecular complexity index is 673. The van der Waals surface area contributed by atoms with Gasteiger partial charge < -0.3 is 21.7 Å². The molecule has 0 saturated heterocycles. The molecule has 2 aromatic rings. The highest BCUT2D eigenvalue weighted by Gasteiger charge is 2.19. The van der Waals surface area contributed by atoms with Crippen LogP contribution in [0.15, 0.2) is 41.8 Å². The Balaban J connectivity index is 2.04. The number of nitrogens with one attached hydrogen (secondary N) is 3. The summed E-state index contributed by atoms with van der Waals surface area (Å²) < 4.78 is 0. The first kappa shape index (κ1) is 18.0. The van der Waals surface area contributed by atoms with Gasteiger partial charge in [-0.15, -0.1) is 11.3 Å². The number of anilines is 1. The van der Waals surface area contributed by atoms with Crippen LogP contribution in [-0.2, 0) is 11.3 Å². The van der Waals surface area contributed by atoms with E-state index in [0.717, 1.165) is 22.7 Å². The van der Waals surface area contributed by atoms with Crippen LogP contribution in [0.4, 0.5) is 10.5 Å². The van der Waals surface area contributed by atoms with E-state index >= 15 is 0 Å². The topological polar surface area (TPSA) is 96.2 Å². The highest BCUT2D eigenvalue weighted by atomic mass is 32.1. The van der Waals surface area contributed by atoms with Gasteiger partial charge in [-0.2, -0.15) is 0 Å². The number of hydrogen-bond acceptors (Lipinski definition) is 4. The largest absolute Gasteiger partial charge is 0.352 e. The molecule has 0 fully saturated rings. The fourth-order valence-corrected chi connectivity index (χ4v) is 3.10. The van der Waals surface area contributed by atoms with Gasteiger partial charge in [0.15, 0.2) is 0 Å². The zero-order chi connectivity index (χ0) is 17.4. The monoisotopic (exact) mass is 346 g/mol. The van der Waals surface area contributed by atoms with Crippen molar-refractivity contribution in [2.24, 2.45) is 5.73 Å². The number of para-hydroxylation sites is 1. The maximum atomic E-state index is 12.4. The predicted molar refractivity (Wildman–Crippen MR) is 96.8 cm³/mol. The van der Waals surface area contributed by atoms with Gasteiger partial charge in [-0.1, -0.05) is 31.2 Å². The van der Waals surface area contributed by atoms with Gasteiger partial charge >= 0.3 is 6.03 Å². The second kappa shape index (κ2) is 9.05. The van der Waals surface area contributed by atoms with Crippen molar-refractivity contribution in [2.45, 2.75) is 25.9 Å². The molecule has 0 radical (unpaired) electrons. The van der Waals surface area contributed by atoms with E-state index in [1.807, 2.05) is 48.7 Å². The molecular formula is C17H22N4O2S. The summed E-state index contributed by atoms with van der Waals surface area (Å²) in [5.41, 5.74) is 7.01. The maximum Gasteiger partial charge on any atom is 0.312 e. The molecule has 24 heavy (non-hydrogen) atoms. The Kier molecular flexibility index (Phi) is 6.77. The van der Waals surface area contributed by atoms with Crippen LogP contribution in [0.2, 0.25) is 0 Å². The van der Waals surface area contributed by atoms with Crippen LogP contribution in [0, 0.1) is 0 Å². The van der Waals surface area contributed by atoms with Crippen molar-refractivity contribution in [1.29, 1.82) is 0 Å². The highest BCUT2D eigenvalue weighted by Crippen LogP contribution is 2.23. The van der Waals surface area contributed by atoms with E-state index in [-0.39, 0.29) is 12.3 Å². The minimum atomic E-state index is -0.645. The standard InChI is InChI=1S/C17H22N4O2S/c1-2-19-11-12-6-3-4-7-13(12)20-16(22)10-14(21-17(18)23)15-8-5-9-24-15/h3-9,14,19H,2,10-11H2,1H3,(H,20,22)(H3,18,21,23). The van der Waals surface area contributed by atoms with Crippen LogP contribution >= 0.6 is 11.3 Å². The highest BCUT2D eigenvalue weighted by molar-refractivity contribution is 7.10. The van der Waals surface area contributed by atoms with Crippen LogP contribution in [0.1, 0.15) is 29.8 Å². The lowest BCUT2D eigenvalue weighted by Gasteiger charge is -2.17. The lowest BCUT2D eigenvalue weighted by atomic mass is 10.1.